The van der Waals surface area contributed by atoms with Crippen LogP contribution in [-0.2, 0) is 0 Å². The molecule has 0 spiro atoms. The van der Waals surface area contributed by atoms with Crippen LogP contribution in [-0.4, -0.2) is 56.0 Å². The Morgan fingerprint density at radius 3 is 2.21 bits per heavy atom. The summed E-state index contributed by atoms with van der Waals surface area (Å²) in [6, 6.07) is 15.6. The number of Topliss-reactive ketones (excluding diaryl/α,β-unsaturated/α-hetero) is 1. The third-order valence-electron chi connectivity index (χ3n) is 5.43. The summed E-state index contributed by atoms with van der Waals surface area (Å²) in [6.07, 6.45) is 0. The largest absolute Gasteiger partial charge is 0.372 e. The summed E-state index contributed by atoms with van der Waals surface area (Å²) in [5, 5.41) is 2.91. The molecular weight excluding hydrogens is 364 g/mol. The summed E-state index contributed by atoms with van der Waals surface area (Å²) in [4.78, 5) is 30.6. The van der Waals surface area contributed by atoms with Crippen LogP contribution < -0.4 is 15.1 Å². The molecule has 1 fully saturated rings. The zero-order valence-electron chi connectivity index (χ0n) is 17.5. The highest BCUT2D eigenvalue weighted by Crippen LogP contribution is 2.22. The maximum absolute atomic E-state index is 12.6. The van der Waals surface area contributed by atoms with Crippen LogP contribution in [0.1, 0.15) is 31.1 Å². The number of carbonyl (C=O) groups is 2. The average Bonchev–Trinajstić information content (AvgIpc) is 2.75. The summed E-state index contributed by atoms with van der Waals surface area (Å²) in [5.74, 6) is -0.0123. The van der Waals surface area contributed by atoms with E-state index in [2.05, 4.69) is 53.2 Å². The summed E-state index contributed by atoms with van der Waals surface area (Å²) >= 11 is 0. The fraction of sp³-hybridized carbons (Fsp3) is 0.391. The third-order valence-corrected chi connectivity index (χ3v) is 5.43. The van der Waals surface area contributed by atoms with E-state index in [1.165, 1.54) is 18.3 Å². The molecule has 1 aliphatic heterocycles. The molecule has 2 aromatic carbocycles. The minimum atomic E-state index is -0.123. The van der Waals surface area contributed by atoms with Gasteiger partial charge in [0.15, 0.2) is 5.78 Å². The Balaban J connectivity index is 1.55. The Hall–Kier alpha value is -3.02. The summed E-state index contributed by atoms with van der Waals surface area (Å²) < 4.78 is 0. The Morgan fingerprint density at radius 1 is 0.966 bits per heavy atom. The second kappa shape index (κ2) is 9.45. The predicted octanol–water partition coefficient (Wildman–Crippen LogP) is 4.09. The van der Waals surface area contributed by atoms with Crippen LogP contribution in [0.15, 0.2) is 48.5 Å². The highest BCUT2D eigenvalue weighted by Gasteiger charge is 2.21. The highest BCUT2D eigenvalue weighted by molar-refractivity contribution is 5.96. The number of nitrogens with zero attached hydrogens (tertiary/aromatic N) is 3. The Kier molecular flexibility index (Phi) is 6.75. The van der Waals surface area contributed by atoms with Crippen LogP contribution in [0.25, 0.3) is 0 Å². The van der Waals surface area contributed by atoms with E-state index >= 15 is 0 Å². The average molecular weight is 395 g/mol. The fourth-order valence-electron chi connectivity index (χ4n) is 3.65. The SMILES string of the molecule is CCN(CC)c1ccc(N2CCN(C(=O)Nc3cccc(C(C)=O)c3)CC2)cc1. The lowest BCUT2D eigenvalue weighted by atomic mass is 10.1. The van der Waals surface area contributed by atoms with Crippen molar-refractivity contribution in [2.75, 3.05) is 54.4 Å². The van der Waals surface area contributed by atoms with Crippen LogP contribution in [0.4, 0.5) is 21.9 Å². The van der Waals surface area contributed by atoms with Crippen LogP contribution >= 0.6 is 0 Å². The lowest BCUT2D eigenvalue weighted by Crippen LogP contribution is -2.50. The van der Waals surface area contributed by atoms with Gasteiger partial charge in [0.1, 0.15) is 0 Å². The second-order valence-electron chi connectivity index (χ2n) is 7.23. The van der Waals surface area contributed by atoms with E-state index in [9.17, 15) is 9.59 Å². The van der Waals surface area contributed by atoms with Gasteiger partial charge in [0.25, 0.3) is 0 Å². The molecule has 6 heteroatoms. The number of rotatable bonds is 6. The van der Waals surface area contributed by atoms with Crippen molar-refractivity contribution in [3.05, 3.63) is 54.1 Å². The van der Waals surface area contributed by atoms with Crippen LogP contribution in [0, 0.1) is 0 Å². The van der Waals surface area contributed by atoms with E-state index in [-0.39, 0.29) is 11.8 Å². The minimum absolute atomic E-state index is 0.0123. The van der Waals surface area contributed by atoms with Crippen LogP contribution in [0.3, 0.4) is 0 Å². The molecule has 2 aromatic rings. The number of anilines is 3. The summed E-state index contributed by atoms with van der Waals surface area (Å²) in [6.45, 7) is 10.8. The molecule has 0 unspecified atom stereocenters. The zero-order chi connectivity index (χ0) is 20.8. The van der Waals surface area contributed by atoms with Crippen LogP contribution in [0.2, 0.25) is 0 Å². The Bertz CT molecular complexity index is 838. The molecule has 2 amide bonds. The molecule has 1 N–H and O–H groups in total. The number of piperazine rings is 1. The molecule has 0 aliphatic carbocycles. The van der Waals surface area contributed by atoms with Crippen molar-refractivity contribution in [2.24, 2.45) is 0 Å². The zero-order valence-corrected chi connectivity index (χ0v) is 17.5. The van der Waals surface area contributed by atoms with E-state index < -0.39 is 0 Å². The van der Waals surface area contributed by atoms with E-state index in [4.69, 9.17) is 0 Å². The molecule has 0 aromatic heterocycles. The van der Waals surface area contributed by atoms with Gasteiger partial charge in [0.2, 0.25) is 0 Å². The number of benzene rings is 2. The predicted molar refractivity (Wildman–Crippen MR) is 119 cm³/mol. The van der Waals surface area contributed by atoms with Crippen molar-refractivity contribution >= 4 is 28.9 Å². The van der Waals surface area contributed by atoms with Crippen LogP contribution in [0.5, 0.6) is 0 Å². The molecule has 1 saturated heterocycles. The number of carbonyl (C=O) groups excluding carboxylic acids is 2. The number of amides is 2. The number of hydrogen-bond donors (Lipinski definition) is 1. The number of ketones is 1. The molecule has 1 heterocycles. The van der Waals surface area contributed by atoms with Crippen molar-refractivity contribution < 1.29 is 9.59 Å². The lowest BCUT2D eigenvalue weighted by Gasteiger charge is -2.36. The third kappa shape index (κ3) is 5.08. The monoisotopic (exact) mass is 394 g/mol. The molecule has 0 bridgehead atoms. The van der Waals surface area contributed by atoms with E-state index in [0.717, 1.165) is 26.2 Å². The highest BCUT2D eigenvalue weighted by atomic mass is 16.2. The first kappa shape index (κ1) is 20.7. The first-order valence-corrected chi connectivity index (χ1v) is 10.3. The van der Waals surface area contributed by atoms with E-state index in [1.807, 2.05) is 4.90 Å². The minimum Gasteiger partial charge on any atom is -0.372 e. The van der Waals surface area contributed by atoms with Gasteiger partial charge in [0, 0.05) is 61.9 Å². The molecule has 1 aliphatic rings. The smallest absolute Gasteiger partial charge is 0.321 e. The van der Waals surface area contributed by atoms with Gasteiger partial charge >= 0.3 is 6.03 Å². The maximum atomic E-state index is 12.6. The topological polar surface area (TPSA) is 55.9 Å². The van der Waals surface area contributed by atoms with Crippen molar-refractivity contribution in [1.82, 2.24) is 4.90 Å². The fourth-order valence-corrected chi connectivity index (χ4v) is 3.65. The first-order valence-electron chi connectivity index (χ1n) is 10.3. The Morgan fingerprint density at radius 2 is 1.62 bits per heavy atom. The van der Waals surface area contributed by atoms with Gasteiger partial charge in [-0.3, -0.25) is 4.79 Å². The number of urea groups is 1. The molecular formula is C23H30N4O2. The van der Waals surface area contributed by atoms with Gasteiger partial charge in [-0.1, -0.05) is 12.1 Å². The molecule has 154 valence electrons. The Labute approximate surface area is 173 Å². The summed E-state index contributed by atoms with van der Waals surface area (Å²) in [5.41, 5.74) is 3.68. The molecule has 29 heavy (non-hydrogen) atoms. The maximum Gasteiger partial charge on any atom is 0.321 e. The van der Waals surface area contributed by atoms with Gasteiger partial charge in [-0.2, -0.15) is 0 Å². The van der Waals surface area contributed by atoms with E-state index in [0.29, 0.717) is 24.3 Å². The number of nitrogens with one attached hydrogen (secondary N) is 1. The standard InChI is InChI=1S/C23H30N4O2/c1-4-25(5-2)21-9-11-22(12-10-21)26-13-15-27(16-14-26)23(29)24-20-8-6-7-19(17-20)18(3)28/h6-12,17H,4-5,13-16H2,1-3H3,(H,24,29). The van der Waals surface area contributed by atoms with Gasteiger partial charge in [-0.15, -0.1) is 0 Å². The van der Waals surface area contributed by atoms with Gasteiger partial charge < -0.3 is 20.0 Å². The molecule has 3 rings (SSSR count). The molecule has 0 radical (unpaired) electrons. The van der Waals surface area contributed by atoms with Gasteiger partial charge in [-0.25, -0.2) is 4.79 Å². The van der Waals surface area contributed by atoms with Crippen molar-refractivity contribution in [1.29, 1.82) is 0 Å². The van der Waals surface area contributed by atoms with Gasteiger partial charge in [0.05, 0.1) is 0 Å². The first-order chi connectivity index (χ1) is 14.0. The van der Waals surface area contributed by atoms with Crippen molar-refractivity contribution in [3.63, 3.8) is 0 Å². The second-order valence-corrected chi connectivity index (χ2v) is 7.23. The summed E-state index contributed by atoms with van der Waals surface area (Å²) in [7, 11) is 0. The molecule has 6 nitrogen and oxygen atoms in total. The normalized spacial score (nSPS) is 13.9. The van der Waals surface area contributed by atoms with Crippen molar-refractivity contribution in [3.8, 4) is 0 Å². The number of hydrogen-bond acceptors (Lipinski definition) is 4. The van der Waals surface area contributed by atoms with Crippen molar-refractivity contribution in [2.45, 2.75) is 20.8 Å². The lowest BCUT2D eigenvalue weighted by molar-refractivity contribution is 0.101. The molecule has 0 saturated carbocycles. The van der Waals surface area contributed by atoms with Gasteiger partial charge in [-0.05, 0) is 57.2 Å². The quantitative estimate of drug-likeness (QED) is 0.750. The molecule has 0 atom stereocenters. The van der Waals surface area contributed by atoms with E-state index in [1.54, 1.807) is 24.3 Å².